The lowest BCUT2D eigenvalue weighted by molar-refractivity contribution is -0.120. The van der Waals surface area contributed by atoms with Crippen LogP contribution < -0.4 is 11.1 Å². The van der Waals surface area contributed by atoms with Gasteiger partial charge in [0.15, 0.2) is 0 Å². The van der Waals surface area contributed by atoms with Crippen LogP contribution >= 0.6 is 0 Å². The summed E-state index contributed by atoms with van der Waals surface area (Å²) in [5.74, 6) is 0.172. The quantitative estimate of drug-likeness (QED) is 0.582. The molecule has 0 aliphatic carbocycles. The van der Waals surface area contributed by atoms with Crippen LogP contribution in [-0.2, 0) is 4.79 Å². The van der Waals surface area contributed by atoms with Crippen LogP contribution in [0, 0.1) is 0 Å². The zero-order valence-corrected chi connectivity index (χ0v) is 7.38. The number of carbonyl (C=O) groups is 1. The van der Waals surface area contributed by atoms with Gasteiger partial charge < -0.3 is 16.0 Å². The Hall–Kier alpha value is -0.610. The van der Waals surface area contributed by atoms with Crippen LogP contribution in [-0.4, -0.2) is 43.5 Å². The first-order valence-electron chi connectivity index (χ1n) is 4.52. The second-order valence-electron chi connectivity index (χ2n) is 3.08. The molecule has 0 aromatic heterocycles. The van der Waals surface area contributed by atoms with Gasteiger partial charge in [-0.15, -0.1) is 0 Å². The van der Waals surface area contributed by atoms with Gasteiger partial charge in [0.1, 0.15) is 0 Å². The van der Waals surface area contributed by atoms with E-state index in [0.29, 0.717) is 6.42 Å². The molecule has 12 heavy (non-hydrogen) atoms. The highest BCUT2D eigenvalue weighted by molar-refractivity contribution is 5.76. The second-order valence-corrected chi connectivity index (χ2v) is 3.08. The molecule has 1 amide bonds. The first kappa shape index (κ1) is 9.48. The molecule has 1 aliphatic rings. The number of nitrogens with two attached hydrogens (primary N) is 1. The largest absolute Gasteiger partial charge is 0.355 e. The van der Waals surface area contributed by atoms with Crippen molar-refractivity contribution in [3.05, 3.63) is 0 Å². The molecule has 0 aromatic rings. The van der Waals surface area contributed by atoms with Gasteiger partial charge in [-0.1, -0.05) is 0 Å². The Morgan fingerprint density at radius 3 is 3.08 bits per heavy atom. The SMILES string of the molecule is NCCCN1CCNC(=O)CC1. The van der Waals surface area contributed by atoms with Gasteiger partial charge >= 0.3 is 0 Å². The van der Waals surface area contributed by atoms with Crippen LogP contribution in [0.15, 0.2) is 0 Å². The molecular weight excluding hydrogens is 154 g/mol. The third-order valence-electron chi connectivity index (χ3n) is 2.08. The molecule has 3 N–H and O–H groups in total. The summed E-state index contributed by atoms with van der Waals surface area (Å²) in [6.45, 7) is 4.38. The zero-order chi connectivity index (χ0) is 8.81. The predicted octanol–water partition coefficient (Wildman–Crippen LogP) is -0.843. The Kier molecular flexibility index (Phi) is 4.04. The fourth-order valence-corrected chi connectivity index (χ4v) is 1.35. The second kappa shape index (κ2) is 5.11. The van der Waals surface area contributed by atoms with Crippen LogP contribution in [0.3, 0.4) is 0 Å². The summed E-state index contributed by atoms with van der Waals surface area (Å²) in [4.78, 5) is 13.2. The molecule has 0 spiro atoms. The number of amides is 1. The van der Waals surface area contributed by atoms with Gasteiger partial charge in [-0.2, -0.15) is 0 Å². The molecule has 4 heteroatoms. The van der Waals surface area contributed by atoms with Crippen molar-refractivity contribution in [2.45, 2.75) is 12.8 Å². The molecule has 1 aliphatic heterocycles. The fourth-order valence-electron chi connectivity index (χ4n) is 1.35. The van der Waals surface area contributed by atoms with Gasteiger partial charge in [-0.25, -0.2) is 0 Å². The normalized spacial score (nSPS) is 20.2. The van der Waals surface area contributed by atoms with Crippen molar-refractivity contribution in [3.8, 4) is 0 Å². The van der Waals surface area contributed by atoms with E-state index < -0.39 is 0 Å². The van der Waals surface area contributed by atoms with Crippen molar-refractivity contribution in [2.75, 3.05) is 32.7 Å². The molecule has 0 saturated carbocycles. The molecule has 1 rings (SSSR count). The van der Waals surface area contributed by atoms with Gasteiger partial charge in [0, 0.05) is 26.1 Å². The average Bonchev–Trinajstić information content (AvgIpc) is 2.27. The highest BCUT2D eigenvalue weighted by Gasteiger charge is 2.11. The summed E-state index contributed by atoms with van der Waals surface area (Å²) >= 11 is 0. The van der Waals surface area contributed by atoms with Gasteiger partial charge in [-0.05, 0) is 19.5 Å². The monoisotopic (exact) mass is 171 g/mol. The minimum Gasteiger partial charge on any atom is -0.355 e. The van der Waals surface area contributed by atoms with Crippen LogP contribution in [0.5, 0.6) is 0 Å². The Bertz CT molecular complexity index is 149. The number of hydrogen-bond acceptors (Lipinski definition) is 3. The third kappa shape index (κ3) is 3.19. The fraction of sp³-hybridized carbons (Fsp3) is 0.875. The van der Waals surface area contributed by atoms with E-state index in [1.807, 2.05) is 0 Å². The van der Waals surface area contributed by atoms with E-state index in [1.165, 1.54) is 0 Å². The summed E-state index contributed by atoms with van der Waals surface area (Å²) in [7, 11) is 0. The van der Waals surface area contributed by atoms with E-state index in [-0.39, 0.29) is 5.91 Å². The highest BCUT2D eigenvalue weighted by Crippen LogP contribution is 1.96. The predicted molar refractivity (Wildman–Crippen MR) is 47.7 cm³/mol. The zero-order valence-electron chi connectivity index (χ0n) is 7.38. The van der Waals surface area contributed by atoms with Gasteiger partial charge in [0.2, 0.25) is 5.91 Å². The third-order valence-corrected chi connectivity index (χ3v) is 2.08. The van der Waals surface area contributed by atoms with E-state index in [1.54, 1.807) is 0 Å². The Labute approximate surface area is 73.1 Å². The summed E-state index contributed by atoms with van der Waals surface area (Å²) in [5, 5.41) is 2.84. The first-order valence-corrected chi connectivity index (χ1v) is 4.52. The van der Waals surface area contributed by atoms with E-state index in [9.17, 15) is 4.79 Å². The van der Waals surface area contributed by atoms with E-state index in [4.69, 9.17) is 5.73 Å². The molecule has 1 saturated heterocycles. The van der Waals surface area contributed by atoms with Crippen molar-refractivity contribution >= 4 is 5.91 Å². The van der Waals surface area contributed by atoms with Crippen LogP contribution in [0.25, 0.3) is 0 Å². The number of carbonyl (C=O) groups excluding carboxylic acids is 1. The van der Waals surface area contributed by atoms with Gasteiger partial charge in [0.25, 0.3) is 0 Å². The smallest absolute Gasteiger partial charge is 0.221 e. The van der Waals surface area contributed by atoms with Crippen molar-refractivity contribution < 1.29 is 4.79 Å². The molecule has 0 atom stereocenters. The number of rotatable bonds is 3. The summed E-state index contributed by atoms with van der Waals surface area (Å²) in [6, 6.07) is 0. The highest BCUT2D eigenvalue weighted by atomic mass is 16.1. The van der Waals surface area contributed by atoms with E-state index in [0.717, 1.165) is 39.1 Å². The Morgan fingerprint density at radius 1 is 1.50 bits per heavy atom. The van der Waals surface area contributed by atoms with E-state index in [2.05, 4.69) is 10.2 Å². The van der Waals surface area contributed by atoms with Crippen LogP contribution in [0.4, 0.5) is 0 Å². The van der Waals surface area contributed by atoms with Gasteiger partial charge in [-0.3, -0.25) is 4.79 Å². The summed E-state index contributed by atoms with van der Waals surface area (Å²) < 4.78 is 0. The van der Waals surface area contributed by atoms with Crippen molar-refractivity contribution in [1.82, 2.24) is 10.2 Å². The lowest BCUT2D eigenvalue weighted by Gasteiger charge is -2.17. The summed E-state index contributed by atoms with van der Waals surface area (Å²) in [6.07, 6.45) is 1.65. The molecule has 4 nitrogen and oxygen atoms in total. The first-order chi connectivity index (χ1) is 5.83. The number of hydrogen-bond donors (Lipinski definition) is 2. The molecule has 70 valence electrons. The summed E-state index contributed by atoms with van der Waals surface area (Å²) in [5.41, 5.74) is 5.40. The van der Waals surface area contributed by atoms with Gasteiger partial charge in [0.05, 0.1) is 0 Å². The molecule has 0 aromatic carbocycles. The van der Waals surface area contributed by atoms with Crippen LogP contribution in [0.1, 0.15) is 12.8 Å². The Morgan fingerprint density at radius 2 is 2.33 bits per heavy atom. The molecule has 1 fully saturated rings. The average molecular weight is 171 g/mol. The van der Waals surface area contributed by atoms with Crippen molar-refractivity contribution in [2.24, 2.45) is 5.73 Å². The van der Waals surface area contributed by atoms with Crippen molar-refractivity contribution in [3.63, 3.8) is 0 Å². The molecule has 1 heterocycles. The standard InChI is InChI=1S/C8H17N3O/c9-3-1-5-11-6-2-8(12)10-4-7-11/h1-7,9H2,(H,10,12). The molecule has 0 unspecified atom stereocenters. The minimum atomic E-state index is 0.172. The topological polar surface area (TPSA) is 58.4 Å². The van der Waals surface area contributed by atoms with E-state index >= 15 is 0 Å². The maximum atomic E-state index is 10.9. The number of nitrogens with one attached hydrogen (secondary N) is 1. The maximum absolute atomic E-state index is 10.9. The van der Waals surface area contributed by atoms with Crippen LogP contribution in [0.2, 0.25) is 0 Å². The minimum absolute atomic E-state index is 0.172. The Balaban J connectivity index is 2.21. The molecular formula is C8H17N3O. The van der Waals surface area contributed by atoms with Crippen molar-refractivity contribution in [1.29, 1.82) is 0 Å². The lowest BCUT2D eigenvalue weighted by atomic mass is 10.3. The molecule has 0 bridgehead atoms. The maximum Gasteiger partial charge on any atom is 0.221 e. The lowest BCUT2D eigenvalue weighted by Crippen LogP contribution is -2.30. The molecule has 0 radical (unpaired) electrons. The number of nitrogens with zero attached hydrogens (tertiary/aromatic N) is 1.